The van der Waals surface area contributed by atoms with E-state index in [4.69, 9.17) is 23.7 Å². The molecule has 6 unspecified atom stereocenters. The van der Waals surface area contributed by atoms with E-state index in [1.54, 1.807) is 0 Å². The lowest BCUT2D eigenvalue weighted by atomic mass is 9.98. The van der Waals surface area contributed by atoms with E-state index in [0.29, 0.717) is 19.3 Å². The number of rotatable bonds is 48. The summed E-state index contributed by atoms with van der Waals surface area (Å²) in [4.78, 5) is 50.9. The highest BCUT2D eigenvalue weighted by atomic mass is 16.7. The zero-order valence-corrected chi connectivity index (χ0v) is 45.0. The van der Waals surface area contributed by atoms with E-state index in [1.165, 1.54) is 89.9 Å². The van der Waals surface area contributed by atoms with Crippen molar-refractivity contribution in [1.82, 2.24) is 0 Å². The van der Waals surface area contributed by atoms with Gasteiger partial charge in [0, 0.05) is 19.3 Å². The summed E-state index contributed by atoms with van der Waals surface area (Å²) in [6, 6.07) is 0. The molecule has 0 bridgehead atoms. The van der Waals surface area contributed by atoms with E-state index in [0.717, 1.165) is 103 Å². The number of unbranched alkanes of at least 4 members (excludes halogenated alkanes) is 26. The highest BCUT2D eigenvalue weighted by Crippen LogP contribution is 2.26. The molecule has 12 nitrogen and oxygen atoms in total. The largest absolute Gasteiger partial charge is 0.479 e. The molecule has 3 N–H and O–H groups in total. The maximum atomic E-state index is 13.1. The lowest BCUT2D eigenvalue weighted by molar-refractivity contribution is -0.301. The van der Waals surface area contributed by atoms with Gasteiger partial charge < -0.3 is 39.0 Å². The van der Waals surface area contributed by atoms with Gasteiger partial charge in [-0.15, -0.1) is 0 Å². The van der Waals surface area contributed by atoms with Gasteiger partial charge in [0.15, 0.2) is 24.6 Å². The highest BCUT2D eigenvalue weighted by molar-refractivity contribution is 5.74. The molecule has 1 rings (SSSR count). The Labute approximate surface area is 431 Å². The first kappa shape index (κ1) is 65.7. The monoisotopic (exact) mass is 1000 g/mol. The van der Waals surface area contributed by atoms with Crippen LogP contribution >= 0.6 is 0 Å². The minimum Gasteiger partial charge on any atom is -0.479 e. The maximum Gasteiger partial charge on any atom is 0.335 e. The third-order valence-electron chi connectivity index (χ3n) is 12.9. The summed E-state index contributed by atoms with van der Waals surface area (Å²) in [5.74, 6) is -3.14. The minimum absolute atomic E-state index is 0.0597. The molecule has 0 aliphatic carbocycles. The molecule has 0 radical (unpaired) electrons. The van der Waals surface area contributed by atoms with Gasteiger partial charge in [0.2, 0.25) is 0 Å². The Kier molecular flexibility index (Phi) is 44.1. The van der Waals surface area contributed by atoms with Crippen LogP contribution in [0, 0.1) is 0 Å². The smallest absolute Gasteiger partial charge is 0.335 e. The van der Waals surface area contributed by atoms with Crippen molar-refractivity contribution in [3.63, 3.8) is 0 Å². The van der Waals surface area contributed by atoms with Gasteiger partial charge in [-0.05, 0) is 77.0 Å². The van der Waals surface area contributed by atoms with E-state index in [-0.39, 0.29) is 25.9 Å². The van der Waals surface area contributed by atoms with Gasteiger partial charge in [-0.25, -0.2) is 4.79 Å². The molecular weight excluding hydrogens is 901 g/mol. The number of hydrogen-bond acceptors (Lipinski definition) is 11. The Morgan fingerprint density at radius 3 is 1.37 bits per heavy atom. The van der Waals surface area contributed by atoms with E-state index < -0.39 is 67.3 Å². The fourth-order valence-electron chi connectivity index (χ4n) is 8.49. The topological polar surface area (TPSA) is 175 Å². The number of esters is 3. The molecule has 1 aliphatic rings. The molecule has 1 fully saturated rings. The van der Waals surface area contributed by atoms with Gasteiger partial charge in [-0.3, -0.25) is 14.4 Å². The molecule has 0 saturated carbocycles. The highest BCUT2D eigenvalue weighted by Gasteiger charge is 2.50. The summed E-state index contributed by atoms with van der Waals surface area (Å²) in [5.41, 5.74) is 0. The Hall–Kier alpha value is -3.32. The Morgan fingerprint density at radius 2 is 0.887 bits per heavy atom. The van der Waals surface area contributed by atoms with E-state index in [9.17, 15) is 34.5 Å². The van der Waals surface area contributed by atoms with Crippen molar-refractivity contribution in [1.29, 1.82) is 0 Å². The van der Waals surface area contributed by atoms with E-state index in [2.05, 4.69) is 69.4 Å². The molecule has 12 heteroatoms. The quantitative estimate of drug-likeness (QED) is 0.0228. The standard InChI is InChI=1S/C59H102O12/c1-4-7-10-13-16-19-21-23-25-26-28-29-31-34-36-39-42-45-51(60)67-48-50(69-52(61)46-43-40-38-35-32-30-27-24-22-20-17-14-11-8-5-2)49-68-59-57(55(64)54(63)56(71-59)58(65)66)70-53(62)47-44-41-37-33-18-15-12-9-6-3/h8,11,17,20,23-25,27,50,54-57,59,63-64H,4-7,9-10,12-16,18-19,21-22,26,28-49H2,1-3H3,(H,65,66)/b11-8-,20-17-,25-23-,27-24-. The molecule has 1 heterocycles. The van der Waals surface area contributed by atoms with Gasteiger partial charge in [0.25, 0.3) is 0 Å². The molecule has 1 saturated heterocycles. The number of aliphatic carboxylic acids is 1. The number of ether oxygens (including phenoxy) is 5. The molecule has 6 atom stereocenters. The first-order valence-electron chi connectivity index (χ1n) is 28.6. The van der Waals surface area contributed by atoms with Crippen LogP contribution in [-0.2, 0) is 42.9 Å². The molecule has 0 amide bonds. The number of aliphatic hydroxyl groups is 2. The minimum atomic E-state index is -1.90. The Morgan fingerprint density at radius 1 is 0.479 bits per heavy atom. The summed E-state index contributed by atoms with van der Waals surface area (Å²) < 4.78 is 28.3. The number of carbonyl (C=O) groups is 4. The first-order chi connectivity index (χ1) is 34.6. The molecule has 71 heavy (non-hydrogen) atoms. The van der Waals surface area contributed by atoms with Gasteiger partial charge in [-0.2, -0.15) is 0 Å². The second kappa shape index (κ2) is 47.7. The summed E-state index contributed by atoms with van der Waals surface area (Å²) in [6.45, 7) is 5.83. The van der Waals surface area contributed by atoms with Gasteiger partial charge in [0.1, 0.15) is 18.8 Å². The van der Waals surface area contributed by atoms with E-state index in [1.807, 2.05) is 0 Å². The summed E-state index contributed by atoms with van der Waals surface area (Å²) in [6.07, 6.45) is 43.9. The van der Waals surface area contributed by atoms with Crippen molar-refractivity contribution in [2.45, 2.75) is 289 Å². The summed E-state index contributed by atoms with van der Waals surface area (Å²) in [5, 5.41) is 31.3. The van der Waals surface area contributed by atoms with Crippen molar-refractivity contribution >= 4 is 23.9 Å². The normalized spacial score (nSPS) is 18.8. The number of carboxylic acid groups (broad SMARTS) is 1. The molecule has 410 valence electrons. The van der Waals surface area contributed by atoms with Crippen LogP contribution in [0.5, 0.6) is 0 Å². The lowest BCUT2D eigenvalue weighted by Gasteiger charge is -2.40. The first-order valence-corrected chi connectivity index (χ1v) is 28.6. The predicted octanol–water partition coefficient (Wildman–Crippen LogP) is 14.2. The van der Waals surface area contributed by atoms with Crippen LogP contribution in [0.25, 0.3) is 0 Å². The summed E-state index contributed by atoms with van der Waals surface area (Å²) in [7, 11) is 0. The third-order valence-corrected chi connectivity index (χ3v) is 12.9. The van der Waals surface area contributed by atoms with Crippen molar-refractivity contribution in [3.8, 4) is 0 Å². The number of carboxylic acids is 1. The number of hydrogen-bond donors (Lipinski definition) is 3. The lowest BCUT2D eigenvalue weighted by Crippen LogP contribution is -2.61. The molecule has 0 aromatic rings. The van der Waals surface area contributed by atoms with Gasteiger partial charge in [-0.1, -0.05) is 204 Å². The maximum absolute atomic E-state index is 13.1. The zero-order valence-electron chi connectivity index (χ0n) is 45.0. The Balaban J connectivity index is 2.69. The molecule has 0 aromatic carbocycles. The van der Waals surface area contributed by atoms with Crippen molar-refractivity contribution in [2.24, 2.45) is 0 Å². The van der Waals surface area contributed by atoms with Gasteiger partial charge >= 0.3 is 23.9 Å². The van der Waals surface area contributed by atoms with Crippen LogP contribution in [0.2, 0.25) is 0 Å². The van der Waals surface area contributed by atoms with Crippen molar-refractivity contribution < 1.29 is 58.2 Å². The molecule has 0 spiro atoms. The third kappa shape index (κ3) is 38.0. The number of carbonyl (C=O) groups excluding carboxylic acids is 3. The van der Waals surface area contributed by atoms with Crippen LogP contribution < -0.4 is 0 Å². The van der Waals surface area contributed by atoms with Crippen molar-refractivity contribution in [3.05, 3.63) is 48.6 Å². The number of aliphatic hydroxyl groups excluding tert-OH is 2. The van der Waals surface area contributed by atoms with Crippen LogP contribution in [0.3, 0.4) is 0 Å². The van der Waals surface area contributed by atoms with Crippen LogP contribution in [-0.4, -0.2) is 89.2 Å². The second-order valence-corrected chi connectivity index (χ2v) is 19.5. The second-order valence-electron chi connectivity index (χ2n) is 19.5. The van der Waals surface area contributed by atoms with Gasteiger partial charge in [0.05, 0.1) is 6.61 Å². The van der Waals surface area contributed by atoms with Crippen molar-refractivity contribution in [2.75, 3.05) is 13.2 Å². The SMILES string of the molecule is CC/C=C\C/C=C\C/C=C\CCCCCCCC(=O)OC(COC(=O)CCCCCCCCC/C=C\CCCCCCCC)COC1OC(C(=O)O)C(O)C(O)C1OC(=O)CCCCCCCCCCC. The average Bonchev–Trinajstić information content (AvgIpc) is 3.35. The molecule has 0 aromatic heterocycles. The fourth-order valence-corrected chi connectivity index (χ4v) is 8.49. The fraction of sp³-hybridized carbons (Fsp3) is 0.797. The predicted molar refractivity (Wildman–Crippen MR) is 285 cm³/mol. The van der Waals surface area contributed by atoms with E-state index >= 15 is 0 Å². The molecular formula is C59H102O12. The molecule has 1 aliphatic heterocycles. The zero-order chi connectivity index (χ0) is 51.8. The summed E-state index contributed by atoms with van der Waals surface area (Å²) >= 11 is 0. The van der Waals surface area contributed by atoms with Crippen LogP contribution in [0.1, 0.15) is 252 Å². The number of allylic oxidation sites excluding steroid dienone is 8. The van der Waals surface area contributed by atoms with Crippen LogP contribution in [0.4, 0.5) is 0 Å². The average molecular weight is 1000 g/mol. The Bertz CT molecular complexity index is 1420. The van der Waals surface area contributed by atoms with Crippen LogP contribution in [0.15, 0.2) is 48.6 Å².